The molecule has 0 fully saturated rings. The molecule has 0 bridgehead atoms. The van der Waals surface area contributed by atoms with Gasteiger partial charge in [-0.05, 0) is 6.92 Å². The summed E-state index contributed by atoms with van der Waals surface area (Å²) in [5.74, 6) is 0. The van der Waals surface area contributed by atoms with Crippen LogP contribution in [-0.4, -0.2) is 20.2 Å². The number of nitrogens with zero attached hydrogens (tertiary/aromatic N) is 2. The van der Waals surface area contributed by atoms with Crippen molar-refractivity contribution in [2.24, 2.45) is 7.05 Å². The minimum atomic E-state index is -0.441. The molecule has 0 saturated heterocycles. The Labute approximate surface area is 74.2 Å². The van der Waals surface area contributed by atoms with Gasteiger partial charge in [-0.25, -0.2) is 0 Å². The number of hydrogen-bond acceptors (Lipinski definition) is 2. The highest BCUT2D eigenvalue weighted by Crippen LogP contribution is 2.17. The third-order valence-electron chi connectivity index (χ3n) is 1.56. The molecule has 4 heteroatoms. The average molecular weight is 219 g/mol. The van der Waals surface area contributed by atoms with E-state index in [0.717, 1.165) is 11.3 Å². The van der Waals surface area contributed by atoms with Crippen LogP contribution in [0, 0.1) is 6.92 Å². The number of alkyl halides is 1. The molecule has 0 aliphatic carbocycles. The van der Waals surface area contributed by atoms with E-state index in [9.17, 15) is 5.11 Å². The van der Waals surface area contributed by atoms with Gasteiger partial charge in [0, 0.05) is 24.1 Å². The van der Waals surface area contributed by atoms with Gasteiger partial charge in [0.2, 0.25) is 0 Å². The van der Waals surface area contributed by atoms with Crippen LogP contribution in [0.2, 0.25) is 0 Å². The summed E-state index contributed by atoms with van der Waals surface area (Å²) in [5.41, 5.74) is 1.78. The second-order valence-corrected chi connectivity index (χ2v) is 3.16. The van der Waals surface area contributed by atoms with Crippen LogP contribution in [0.25, 0.3) is 0 Å². The van der Waals surface area contributed by atoms with Gasteiger partial charge < -0.3 is 5.11 Å². The van der Waals surface area contributed by atoms with Crippen LogP contribution in [-0.2, 0) is 7.05 Å². The van der Waals surface area contributed by atoms with Crippen LogP contribution in [0.15, 0.2) is 6.20 Å². The maximum atomic E-state index is 9.42. The van der Waals surface area contributed by atoms with E-state index in [4.69, 9.17) is 0 Å². The van der Waals surface area contributed by atoms with E-state index >= 15 is 0 Å². The molecule has 1 rings (SSSR count). The molecule has 0 aromatic carbocycles. The van der Waals surface area contributed by atoms with Gasteiger partial charge in [0.1, 0.15) is 0 Å². The molecule has 11 heavy (non-hydrogen) atoms. The third-order valence-corrected chi connectivity index (χ3v) is 2.17. The molecule has 1 aromatic heterocycles. The fourth-order valence-electron chi connectivity index (χ4n) is 1.03. The summed E-state index contributed by atoms with van der Waals surface area (Å²) in [6.45, 7) is 1.89. The predicted octanol–water partition coefficient (Wildman–Crippen LogP) is 1.16. The molecular formula is C7H11BrN2O. The summed E-state index contributed by atoms with van der Waals surface area (Å²) in [6.07, 6.45) is 1.39. The van der Waals surface area contributed by atoms with Crippen LogP contribution in [0.1, 0.15) is 17.4 Å². The Morgan fingerprint density at radius 3 is 2.82 bits per heavy atom. The van der Waals surface area contributed by atoms with Crippen LogP contribution in [0.4, 0.5) is 0 Å². The monoisotopic (exact) mass is 218 g/mol. The molecule has 1 aromatic rings. The topological polar surface area (TPSA) is 38.0 Å². The van der Waals surface area contributed by atoms with Gasteiger partial charge in [0.25, 0.3) is 0 Å². The lowest BCUT2D eigenvalue weighted by atomic mass is 10.2. The highest BCUT2D eigenvalue weighted by molar-refractivity contribution is 9.09. The predicted molar refractivity (Wildman–Crippen MR) is 46.7 cm³/mol. The minimum Gasteiger partial charge on any atom is -0.387 e. The Morgan fingerprint density at radius 1 is 1.82 bits per heavy atom. The first-order valence-electron chi connectivity index (χ1n) is 3.39. The number of rotatable bonds is 2. The number of hydrogen-bond donors (Lipinski definition) is 1. The van der Waals surface area contributed by atoms with E-state index in [1.54, 1.807) is 4.68 Å². The first kappa shape index (κ1) is 8.74. The average Bonchev–Trinajstić information content (AvgIpc) is 2.28. The summed E-state index contributed by atoms with van der Waals surface area (Å²) in [4.78, 5) is 0. The molecule has 0 spiro atoms. The Morgan fingerprint density at radius 2 is 2.45 bits per heavy atom. The number of aliphatic hydroxyl groups is 1. The zero-order valence-electron chi connectivity index (χ0n) is 6.58. The second-order valence-electron chi connectivity index (χ2n) is 2.51. The molecule has 0 amide bonds. The fraction of sp³-hybridized carbons (Fsp3) is 0.571. The fourth-order valence-corrected chi connectivity index (χ4v) is 1.38. The molecule has 0 aliphatic heterocycles. The molecular weight excluding hydrogens is 208 g/mol. The van der Waals surface area contributed by atoms with Crippen molar-refractivity contribution in [1.29, 1.82) is 0 Å². The first-order valence-corrected chi connectivity index (χ1v) is 4.51. The van der Waals surface area contributed by atoms with Crippen molar-refractivity contribution >= 4 is 15.9 Å². The van der Waals surface area contributed by atoms with Gasteiger partial charge in [-0.1, -0.05) is 15.9 Å². The van der Waals surface area contributed by atoms with Crippen molar-refractivity contribution in [3.63, 3.8) is 0 Å². The second kappa shape index (κ2) is 3.36. The van der Waals surface area contributed by atoms with Crippen molar-refractivity contribution in [1.82, 2.24) is 9.78 Å². The molecule has 1 heterocycles. The van der Waals surface area contributed by atoms with Crippen molar-refractivity contribution in [2.75, 3.05) is 5.33 Å². The zero-order valence-corrected chi connectivity index (χ0v) is 8.17. The van der Waals surface area contributed by atoms with E-state index < -0.39 is 6.10 Å². The van der Waals surface area contributed by atoms with Crippen molar-refractivity contribution < 1.29 is 5.11 Å². The lowest BCUT2D eigenvalue weighted by Gasteiger charge is -2.02. The summed E-state index contributed by atoms with van der Waals surface area (Å²) in [6, 6.07) is 0. The van der Waals surface area contributed by atoms with Crippen LogP contribution in [0.3, 0.4) is 0 Å². The van der Waals surface area contributed by atoms with E-state index in [1.165, 1.54) is 0 Å². The highest BCUT2D eigenvalue weighted by atomic mass is 79.9. The standard InChI is InChI=1S/C7H11BrN2O/c1-5-6(7(11)3-8)4-10(2)9-5/h4,7,11H,3H2,1-2H3/t7-/m0/s1. The van der Waals surface area contributed by atoms with Gasteiger partial charge in [-0.3, -0.25) is 4.68 Å². The maximum absolute atomic E-state index is 9.42. The Balaban J connectivity index is 2.93. The number of aliphatic hydroxyl groups excluding tert-OH is 1. The van der Waals surface area contributed by atoms with Gasteiger partial charge in [-0.2, -0.15) is 5.10 Å². The first-order chi connectivity index (χ1) is 5.15. The molecule has 62 valence electrons. The number of aryl methyl sites for hydroxylation is 2. The van der Waals surface area contributed by atoms with E-state index in [2.05, 4.69) is 21.0 Å². The minimum absolute atomic E-state index is 0.441. The molecule has 1 N–H and O–H groups in total. The lowest BCUT2D eigenvalue weighted by Crippen LogP contribution is -1.98. The third kappa shape index (κ3) is 1.81. The quantitative estimate of drug-likeness (QED) is 0.758. The Bertz CT molecular complexity index is 247. The Kier molecular flexibility index (Phi) is 2.67. The van der Waals surface area contributed by atoms with Crippen molar-refractivity contribution in [3.8, 4) is 0 Å². The van der Waals surface area contributed by atoms with Gasteiger partial charge in [0.15, 0.2) is 0 Å². The normalized spacial score (nSPS) is 13.5. The summed E-state index contributed by atoms with van der Waals surface area (Å²) in [5, 5.41) is 14.1. The molecule has 0 saturated carbocycles. The molecule has 1 atom stereocenters. The van der Waals surface area contributed by atoms with E-state index in [0.29, 0.717) is 5.33 Å². The van der Waals surface area contributed by atoms with Crippen LogP contribution >= 0.6 is 15.9 Å². The smallest absolute Gasteiger partial charge is 0.0919 e. The Hall–Kier alpha value is -0.350. The number of halogens is 1. The summed E-state index contributed by atoms with van der Waals surface area (Å²) in [7, 11) is 1.84. The molecule has 0 radical (unpaired) electrons. The number of aromatic nitrogens is 2. The van der Waals surface area contributed by atoms with Crippen molar-refractivity contribution in [3.05, 3.63) is 17.5 Å². The lowest BCUT2D eigenvalue weighted by molar-refractivity contribution is 0.204. The van der Waals surface area contributed by atoms with E-state index in [1.807, 2.05) is 20.2 Å². The summed E-state index contributed by atoms with van der Waals surface area (Å²) >= 11 is 3.21. The maximum Gasteiger partial charge on any atom is 0.0919 e. The molecule has 3 nitrogen and oxygen atoms in total. The molecule has 0 aliphatic rings. The van der Waals surface area contributed by atoms with Gasteiger partial charge in [0.05, 0.1) is 11.8 Å². The largest absolute Gasteiger partial charge is 0.387 e. The van der Waals surface area contributed by atoms with Gasteiger partial charge in [-0.15, -0.1) is 0 Å². The van der Waals surface area contributed by atoms with Gasteiger partial charge >= 0.3 is 0 Å². The van der Waals surface area contributed by atoms with Crippen LogP contribution < -0.4 is 0 Å². The van der Waals surface area contributed by atoms with Crippen LogP contribution in [0.5, 0.6) is 0 Å². The zero-order chi connectivity index (χ0) is 8.43. The molecule has 0 unspecified atom stereocenters. The van der Waals surface area contributed by atoms with Crippen molar-refractivity contribution in [2.45, 2.75) is 13.0 Å². The van der Waals surface area contributed by atoms with E-state index in [-0.39, 0.29) is 0 Å². The SMILES string of the molecule is Cc1nn(C)cc1[C@@H](O)CBr. The highest BCUT2D eigenvalue weighted by Gasteiger charge is 2.11. The summed E-state index contributed by atoms with van der Waals surface area (Å²) < 4.78 is 1.70.